The van der Waals surface area contributed by atoms with E-state index in [2.05, 4.69) is 15.4 Å². The molecule has 5 heteroatoms. The molecule has 1 aromatic carbocycles. The third-order valence-corrected chi connectivity index (χ3v) is 2.99. The second-order valence-electron chi connectivity index (χ2n) is 4.31. The number of aromatic amines is 1. The molecule has 5 nitrogen and oxygen atoms in total. The maximum absolute atomic E-state index is 11.9. The molecule has 0 fully saturated rings. The normalized spacial score (nSPS) is 10.8. The minimum Gasteiger partial charge on any atom is -0.339 e. The third-order valence-electron chi connectivity index (χ3n) is 2.99. The number of aromatic nitrogens is 3. The minimum absolute atomic E-state index is 0.0940. The average Bonchev–Trinajstić information content (AvgIpc) is 2.86. The van der Waals surface area contributed by atoms with E-state index in [0.29, 0.717) is 11.2 Å². The first-order chi connectivity index (χ1) is 9.26. The van der Waals surface area contributed by atoms with E-state index in [0.717, 1.165) is 17.6 Å². The molecular weight excluding hydrogens is 240 g/mol. The van der Waals surface area contributed by atoms with Gasteiger partial charge in [0.15, 0.2) is 0 Å². The molecule has 2 heterocycles. The maximum atomic E-state index is 11.9. The Balaban J connectivity index is 1.99. The largest absolute Gasteiger partial charge is 0.339 e. The van der Waals surface area contributed by atoms with E-state index in [1.165, 1.54) is 0 Å². The molecule has 19 heavy (non-hydrogen) atoms. The fraction of sp³-hybridized carbons (Fsp3) is 0.143. The molecule has 2 aromatic heterocycles. The number of benzene rings is 1. The Morgan fingerprint density at radius 2 is 2.21 bits per heavy atom. The smallest absolute Gasteiger partial charge is 0.257 e. The van der Waals surface area contributed by atoms with Crippen LogP contribution in [0, 0.1) is 0 Å². The number of nitrogens with one attached hydrogen (secondary N) is 2. The van der Waals surface area contributed by atoms with Gasteiger partial charge < -0.3 is 10.3 Å². The lowest BCUT2D eigenvalue weighted by molar-refractivity contribution is 0.660. The lowest BCUT2D eigenvalue weighted by Gasteiger charge is -2.04. The number of anilines is 2. The standard InChI is InChI=1S/C14H14N4O/c1-2-18-9-11(8-15-18)16-13-7-10-5-3-4-6-12(10)14(19)17-13/h3-9H,2H2,1H3,(H2,16,17,19). The lowest BCUT2D eigenvalue weighted by Crippen LogP contribution is -2.08. The van der Waals surface area contributed by atoms with Gasteiger partial charge in [-0.3, -0.25) is 9.48 Å². The zero-order chi connectivity index (χ0) is 13.2. The monoisotopic (exact) mass is 254 g/mol. The van der Waals surface area contributed by atoms with Crippen LogP contribution in [0.2, 0.25) is 0 Å². The Hall–Kier alpha value is -2.56. The summed E-state index contributed by atoms with van der Waals surface area (Å²) in [6.45, 7) is 2.84. The number of nitrogens with zero attached hydrogens (tertiary/aromatic N) is 2. The topological polar surface area (TPSA) is 62.7 Å². The minimum atomic E-state index is -0.0940. The van der Waals surface area contributed by atoms with Crippen LogP contribution in [0.5, 0.6) is 0 Å². The molecule has 0 aliphatic rings. The van der Waals surface area contributed by atoms with Crippen LogP contribution in [0.3, 0.4) is 0 Å². The van der Waals surface area contributed by atoms with Crippen LogP contribution in [0.1, 0.15) is 6.92 Å². The Bertz CT molecular complexity index is 772. The summed E-state index contributed by atoms with van der Waals surface area (Å²) in [5, 5.41) is 8.94. The fourth-order valence-corrected chi connectivity index (χ4v) is 2.03. The van der Waals surface area contributed by atoms with Crippen LogP contribution in [0.25, 0.3) is 10.8 Å². The summed E-state index contributed by atoms with van der Waals surface area (Å²) in [4.78, 5) is 14.8. The van der Waals surface area contributed by atoms with Gasteiger partial charge >= 0.3 is 0 Å². The Kier molecular flexibility index (Phi) is 2.79. The quantitative estimate of drug-likeness (QED) is 0.754. The van der Waals surface area contributed by atoms with Gasteiger partial charge in [-0.05, 0) is 24.4 Å². The molecule has 2 N–H and O–H groups in total. The Morgan fingerprint density at radius 3 is 3.00 bits per heavy atom. The highest BCUT2D eigenvalue weighted by Gasteiger charge is 2.03. The highest BCUT2D eigenvalue weighted by atomic mass is 16.1. The van der Waals surface area contributed by atoms with Crippen molar-refractivity contribution in [3.05, 3.63) is 53.1 Å². The van der Waals surface area contributed by atoms with Crippen molar-refractivity contribution in [2.45, 2.75) is 13.5 Å². The molecule has 0 bridgehead atoms. The summed E-state index contributed by atoms with van der Waals surface area (Å²) in [5.74, 6) is 0.666. The average molecular weight is 254 g/mol. The van der Waals surface area contributed by atoms with Crippen LogP contribution in [0.15, 0.2) is 47.5 Å². The summed E-state index contributed by atoms with van der Waals surface area (Å²) in [7, 11) is 0. The summed E-state index contributed by atoms with van der Waals surface area (Å²) in [6.07, 6.45) is 3.63. The molecule has 96 valence electrons. The summed E-state index contributed by atoms with van der Waals surface area (Å²) < 4.78 is 1.82. The summed E-state index contributed by atoms with van der Waals surface area (Å²) in [6, 6.07) is 9.43. The summed E-state index contributed by atoms with van der Waals surface area (Å²) >= 11 is 0. The molecule has 0 spiro atoms. The Morgan fingerprint density at radius 1 is 1.37 bits per heavy atom. The molecule has 0 aliphatic heterocycles. The first-order valence-electron chi connectivity index (χ1n) is 6.18. The molecule has 0 aliphatic carbocycles. The first-order valence-corrected chi connectivity index (χ1v) is 6.18. The van der Waals surface area contributed by atoms with Crippen LogP contribution in [-0.4, -0.2) is 14.8 Å². The van der Waals surface area contributed by atoms with Crippen molar-refractivity contribution in [3.8, 4) is 0 Å². The van der Waals surface area contributed by atoms with Gasteiger partial charge in [0.25, 0.3) is 5.56 Å². The number of H-pyrrole nitrogens is 1. The fourth-order valence-electron chi connectivity index (χ4n) is 2.03. The number of hydrogen-bond donors (Lipinski definition) is 2. The van der Waals surface area contributed by atoms with Gasteiger partial charge in [-0.25, -0.2) is 0 Å². The highest BCUT2D eigenvalue weighted by molar-refractivity contribution is 5.84. The SMILES string of the molecule is CCn1cc(Nc2cc3ccccc3c(=O)[nH]2)cn1. The van der Waals surface area contributed by atoms with Crippen molar-refractivity contribution < 1.29 is 0 Å². The van der Waals surface area contributed by atoms with E-state index in [1.807, 2.05) is 48.1 Å². The zero-order valence-electron chi connectivity index (χ0n) is 10.6. The lowest BCUT2D eigenvalue weighted by atomic mass is 10.2. The van der Waals surface area contributed by atoms with Crippen molar-refractivity contribution in [2.24, 2.45) is 0 Å². The van der Waals surface area contributed by atoms with Crippen LogP contribution < -0.4 is 10.9 Å². The molecule has 0 saturated heterocycles. The second kappa shape index (κ2) is 4.61. The number of aryl methyl sites for hydroxylation is 1. The van der Waals surface area contributed by atoms with E-state index in [9.17, 15) is 4.79 Å². The second-order valence-corrected chi connectivity index (χ2v) is 4.31. The molecular formula is C14H14N4O. The zero-order valence-corrected chi connectivity index (χ0v) is 10.6. The number of hydrogen-bond acceptors (Lipinski definition) is 3. The number of pyridine rings is 1. The predicted molar refractivity (Wildman–Crippen MR) is 75.8 cm³/mol. The Labute approximate surface area is 109 Å². The molecule has 0 amide bonds. The number of rotatable bonds is 3. The van der Waals surface area contributed by atoms with Crippen molar-refractivity contribution >= 4 is 22.3 Å². The van der Waals surface area contributed by atoms with E-state index >= 15 is 0 Å². The van der Waals surface area contributed by atoms with E-state index in [4.69, 9.17) is 0 Å². The van der Waals surface area contributed by atoms with Gasteiger partial charge in [0.2, 0.25) is 0 Å². The predicted octanol–water partition coefficient (Wildman–Crippen LogP) is 2.49. The van der Waals surface area contributed by atoms with Gasteiger partial charge in [0.1, 0.15) is 5.82 Å². The van der Waals surface area contributed by atoms with Crippen LogP contribution >= 0.6 is 0 Å². The number of fused-ring (bicyclic) bond motifs is 1. The molecule has 3 rings (SSSR count). The van der Waals surface area contributed by atoms with E-state index in [1.54, 1.807) is 6.20 Å². The van der Waals surface area contributed by atoms with E-state index in [-0.39, 0.29) is 5.56 Å². The van der Waals surface area contributed by atoms with Gasteiger partial charge in [-0.1, -0.05) is 18.2 Å². The van der Waals surface area contributed by atoms with Crippen LogP contribution in [0.4, 0.5) is 11.5 Å². The summed E-state index contributed by atoms with van der Waals surface area (Å²) in [5.41, 5.74) is 0.760. The molecule has 3 aromatic rings. The third kappa shape index (κ3) is 2.22. The molecule has 0 radical (unpaired) electrons. The molecule has 0 saturated carbocycles. The van der Waals surface area contributed by atoms with Crippen molar-refractivity contribution in [2.75, 3.05) is 5.32 Å². The van der Waals surface area contributed by atoms with Gasteiger partial charge in [-0.2, -0.15) is 5.10 Å². The van der Waals surface area contributed by atoms with Crippen molar-refractivity contribution in [1.82, 2.24) is 14.8 Å². The van der Waals surface area contributed by atoms with Gasteiger partial charge in [-0.15, -0.1) is 0 Å². The first kappa shape index (κ1) is 11.5. The molecule has 0 atom stereocenters. The van der Waals surface area contributed by atoms with Gasteiger partial charge in [0, 0.05) is 18.1 Å². The van der Waals surface area contributed by atoms with Crippen molar-refractivity contribution in [3.63, 3.8) is 0 Å². The molecule has 0 unspecified atom stereocenters. The maximum Gasteiger partial charge on any atom is 0.257 e. The van der Waals surface area contributed by atoms with Crippen molar-refractivity contribution in [1.29, 1.82) is 0 Å². The van der Waals surface area contributed by atoms with E-state index < -0.39 is 0 Å². The highest BCUT2D eigenvalue weighted by Crippen LogP contribution is 2.16. The van der Waals surface area contributed by atoms with Gasteiger partial charge in [0.05, 0.1) is 11.9 Å². The van der Waals surface area contributed by atoms with Crippen LogP contribution in [-0.2, 0) is 6.54 Å².